The molecule has 1 heterocycles. The highest BCUT2D eigenvalue weighted by molar-refractivity contribution is 6.79. The van der Waals surface area contributed by atoms with Crippen molar-refractivity contribution in [1.29, 1.82) is 0 Å². The number of nitrogens with zero attached hydrogens (tertiary/aromatic N) is 2. The summed E-state index contributed by atoms with van der Waals surface area (Å²) in [7, 11) is -0.453. The maximum absolute atomic E-state index is 14.4. The number of likely N-dealkylation sites (N-methyl/N-ethyl adjacent to an activating group) is 1. The highest BCUT2D eigenvalue weighted by atomic mass is 28.3. The molecule has 4 atom stereocenters. The van der Waals surface area contributed by atoms with Gasteiger partial charge in [-0.1, -0.05) is 49.5 Å². The minimum Gasteiger partial charge on any atom is -0.444 e. The zero-order chi connectivity index (χ0) is 33.1. The van der Waals surface area contributed by atoms with Crippen LogP contribution in [0.3, 0.4) is 0 Å². The molecule has 2 aromatic carbocycles. The molecular weight excluding hydrogens is 586 g/mol. The van der Waals surface area contributed by atoms with E-state index in [1.54, 1.807) is 44.7 Å². The summed E-state index contributed by atoms with van der Waals surface area (Å²) in [6, 6.07) is 13.4. The van der Waals surface area contributed by atoms with E-state index in [9.17, 15) is 19.2 Å². The molecular formula is C34H49N5O5Si. The molecule has 11 heteroatoms. The second kappa shape index (κ2) is 13.6. The SMILES string of the molecule is C[C@@H](C(=O)N[C@@H](Cc1ccc(N)cc1)C(=O)N1C[Si](C)(C)C[C@H]1C(=O)NC1CCCc2ccccc21)N(C)C(=O)OC(C)(C)C. The summed E-state index contributed by atoms with van der Waals surface area (Å²) >= 11 is 0. The number of hydrogen-bond acceptors (Lipinski definition) is 6. The molecule has 4 N–H and O–H groups in total. The number of carbonyl (C=O) groups excluding carboxylic acids is 4. The number of aryl methyl sites for hydroxylation is 1. The van der Waals surface area contributed by atoms with Gasteiger partial charge in [-0.15, -0.1) is 0 Å². The topological polar surface area (TPSA) is 134 Å². The lowest BCUT2D eigenvalue weighted by atomic mass is 9.87. The molecule has 0 radical (unpaired) electrons. The Kier molecular flexibility index (Phi) is 10.3. The number of amides is 4. The van der Waals surface area contributed by atoms with Crippen LogP contribution in [0.4, 0.5) is 10.5 Å². The Bertz CT molecular complexity index is 1410. The maximum Gasteiger partial charge on any atom is 0.410 e. The van der Waals surface area contributed by atoms with E-state index >= 15 is 0 Å². The van der Waals surface area contributed by atoms with Gasteiger partial charge in [-0.05, 0) is 81.8 Å². The van der Waals surface area contributed by atoms with E-state index in [2.05, 4.69) is 35.9 Å². The standard InChI is InChI=1S/C34H49N5O5Si/c1-22(38(5)33(43)44-34(2,3)4)30(40)37-28(19-23-15-17-25(35)18-16-23)32(42)39-21-45(6,7)20-29(39)31(41)36-27-14-10-12-24-11-8-9-13-26(24)27/h8-9,11,13,15-18,22,27-29H,10,12,14,19-21,35H2,1-7H3,(H,36,41)(H,37,40)/t22-,27?,28-,29-/m0/s1. The van der Waals surface area contributed by atoms with E-state index in [1.807, 2.05) is 24.3 Å². The van der Waals surface area contributed by atoms with Crippen LogP contribution in [0.2, 0.25) is 19.1 Å². The lowest BCUT2D eigenvalue weighted by Gasteiger charge is -2.33. The second-order valence-electron chi connectivity index (χ2n) is 14.3. The summed E-state index contributed by atoms with van der Waals surface area (Å²) in [5.74, 6) is -0.957. The molecule has 1 fully saturated rings. The number of nitrogens with two attached hydrogens (primary N) is 1. The zero-order valence-electron chi connectivity index (χ0n) is 27.7. The smallest absolute Gasteiger partial charge is 0.410 e. The van der Waals surface area contributed by atoms with Crippen LogP contribution in [0.1, 0.15) is 63.3 Å². The van der Waals surface area contributed by atoms with Crippen molar-refractivity contribution in [3.63, 3.8) is 0 Å². The fraction of sp³-hybridized carbons (Fsp3) is 0.529. The molecule has 1 unspecified atom stereocenters. The normalized spacial score (nSPS) is 20.4. The lowest BCUT2D eigenvalue weighted by molar-refractivity contribution is -0.141. The number of hydrogen-bond donors (Lipinski definition) is 3. The Labute approximate surface area is 268 Å². The van der Waals surface area contributed by atoms with E-state index in [1.165, 1.54) is 17.5 Å². The summed E-state index contributed by atoms with van der Waals surface area (Å²) in [6.45, 7) is 11.2. The summed E-state index contributed by atoms with van der Waals surface area (Å²) in [6.07, 6.45) is 2.90. The molecule has 1 aliphatic heterocycles. The average Bonchev–Trinajstić information content (AvgIpc) is 3.31. The largest absolute Gasteiger partial charge is 0.444 e. The number of rotatable bonds is 8. The van der Waals surface area contributed by atoms with Crippen molar-refractivity contribution in [1.82, 2.24) is 20.4 Å². The van der Waals surface area contributed by atoms with Crippen LogP contribution in [-0.2, 0) is 32.0 Å². The van der Waals surface area contributed by atoms with Crippen LogP contribution in [0.15, 0.2) is 48.5 Å². The molecule has 4 rings (SSSR count). The van der Waals surface area contributed by atoms with E-state index in [-0.39, 0.29) is 24.3 Å². The number of anilines is 1. The average molecular weight is 636 g/mol. The number of ether oxygens (including phenoxy) is 1. The van der Waals surface area contributed by atoms with Crippen molar-refractivity contribution in [3.8, 4) is 0 Å². The predicted molar refractivity (Wildman–Crippen MR) is 178 cm³/mol. The lowest BCUT2D eigenvalue weighted by Crippen LogP contribution is -2.57. The van der Waals surface area contributed by atoms with Crippen molar-refractivity contribution in [2.75, 3.05) is 18.9 Å². The van der Waals surface area contributed by atoms with Crippen molar-refractivity contribution in [3.05, 3.63) is 65.2 Å². The molecule has 10 nitrogen and oxygen atoms in total. The van der Waals surface area contributed by atoms with Gasteiger partial charge in [0.25, 0.3) is 0 Å². The third-order valence-corrected chi connectivity index (χ3v) is 11.4. The van der Waals surface area contributed by atoms with Gasteiger partial charge >= 0.3 is 6.09 Å². The zero-order valence-corrected chi connectivity index (χ0v) is 28.7. The second-order valence-corrected chi connectivity index (χ2v) is 19.3. The molecule has 4 amide bonds. The van der Waals surface area contributed by atoms with Crippen LogP contribution < -0.4 is 16.4 Å². The number of carbonyl (C=O) groups is 4. The summed E-state index contributed by atoms with van der Waals surface area (Å²) in [5, 5.41) is 6.18. The molecule has 2 aromatic rings. The molecule has 0 saturated carbocycles. The molecule has 2 aliphatic rings. The molecule has 0 bridgehead atoms. The van der Waals surface area contributed by atoms with Crippen molar-refractivity contribution >= 4 is 37.6 Å². The number of benzene rings is 2. The van der Waals surface area contributed by atoms with Gasteiger partial charge in [-0.2, -0.15) is 0 Å². The first-order valence-corrected chi connectivity index (χ1v) is 19.3. The Morgan fingerprint density at radius 2 is 1.76 bits per heavy atom. The van der Waals surface area contributed by atoms with Crippen LogP contribution in [-0.4, -0.2) is 78.6 Å². The number of fused-ring (bicyclic) bond motifs is 1. The minimum absolute atomic E-state index is 0.0979. The van der Waals surface area contributed by atoms with Crippen LogP contribution in [0.5, 0.6) is 0 Å². The van der Waals surface area contributed by atoms with Crippen molar-refractivity contribution in [2.45, 2.75) is 102 Å². The van der Waals surface area contributed by atoms with Crippen LogP contribution >= 0.6 is 0 Å². The highest BCUT2D eigenvalue weighted by Crippen LogP contribution is 2.32. The number of nitrogens with one attached hydrogen (secondary N) is 2. The molecule has 45 heavy (non-hydrogen) atoms. The third-order valence-electron chi connectivity index (χ3n) is 8.67. The van der Waals surface area contributed by atoms with Gasteiger partial charge in [-0.3, -0.25) is 19.3 Å². The van der Waals surface area contributed by atoms with Gasteiger partial charge in [0.1, 0.15) is 23.7 Å². The number of nitrogen functional groups attached to an aromatic ring is 1. The highest BCUT2D eigenvalue weighted by Gasteiger charge is 2.47. The van der Waals surface area contributed by atoms with Crippen LogP contribution in [0.25, 0.3) is 0 Å². The Morgan fingerprint density at radius 3 is 2.42 bits per heavy atom. The van der Waals surface area contributed by atoms with Gasteiger partial charge in [0.15, 0.2) is 0 Å². The van der Waals surface area contributed by atoms with Gasteiger partial charge in [0, 0.05) is 25.3 Å². The quantitative estimate of drug-likeness (QED) is 0.294. The maximum atomic E-state index is 14.4. The summed E-state index contributed by atoms with van der Waals surface area (Å²) in [5.41, 5.74) is 8.96. The van der Waals surface area contributed by atoms with E-state index < -0.39 is 43.8 Å². The first-order chi connectivity index (χ1) is 21.0. The molecule has 1 aliphatic carbocycles. The predicted octanol–water partition coefficient (Wildman–Crippen LogP) is 4.20. The summed E-state index contributed by atoms with van der Waals surface area (Å²) < 4.78 is 5.44. The van der Waals surface area contributed by atoms with Gasteiger partial charge in [-0.25, -0.2) is 4.79 Å². The molecule has 1 saturated heterocycles. The Balaban J connectivity index is 1.56. The molecule has 244 valence electrons. The van der Waals surface area contributed by atoms with E-state index in [0.29, 0.717) is 17.9 Å². The first-order valence-electron chi connectivity index (χ1n) is 15.8. The molecule has 0 spiro atoms. The van der Waals surface area contributed by atoms with Gasteiger partial charge < -0.3 is 26.0 Å². The first kappa shape index (κ1) is 34.0. The van der Waals surface area contributed by atoms with Crippen molar-refractivity contribution in [2.24, 2.45) is 0 Å². The van der Waals surface area contributed by atoms with Crippen molar-refractivity contribution < 1.29 is 23.9 Å². The van der Waals surface area contributed by atoms with E-state index in [4.69, 9.17) is 10.5 Å². The van der Waals surface area contributed by atoms with Gasteiger partial charge in [0.05, 0.1) is 14.1 Å². The fourth-order valence-corrected chi connectivity index (χ4v) is 9.04. The Morgan fingerprint density at radius 1 is 1.09 bits per heavy atom. The Hall–Kier alpha value is -3.86. The fourth-order valence-electron chi connectivity index (χ4n) is 6.16. The van der Waals surface area contributed by atoms with E-state index in [0.717, 1.165) is 30.4 Å². The molecule has 0 aromatic heterocycles. The van der Waals surface area contributed by atoms with Gasteiger partial charge in [0.2, 0.25) is 17.7 Å². The summed E-state index contributed by atoms with van der Waals surface area (Å²) in [4.78, 5) is 57.4. The monoisotopic (exact) mass is 635 g/mol. The minimum atomic E-state index is -1.95. The van der Waals surface area contributed by atoms with Crippen LogP contribution in [0, 0.1) is 0 Å². The third kappa shape index (κ3) is 8.65.